The van der Waals surface area contributed by atoms with Crippen molar-refractivity contribution in [3.8, 4) is 0 Å². The Bertz CT molecular complexity index is 1620. The van der Waals surface area contributed by atoms with Gasteiger partial charge in [0, 0.05) is 28.5 Å². The van der Waals surface area contributed by atoms with E-state index >= 15 is 0 Å². The van der Waals surface area contributed by atoms with Crippen molar-refractivity contribution in [2.24, 2.45) is 0 Å². The fourth-order valence-electron chi connectivity index (χ4n) is 4.86. The molecule has 38 heavy (non-hydrogen) atoms. The van der Waals surface area contributed by atoms with E-state index in [0.29, 0.717) is 28.0 Å². The maximum atomic E-state index is 13.5. The summed E-state index contributed by atoms with van der Waals surface area (Å²) in [6.45, 7) is 2.26. The first kappa shape index (κ1) is 26.1. The van der Waals surface area contributed by atoms with E-state index in [1.165, 1.54) is 29.7 Å². The van der Waals surface area contributed by atoms with Crippen molar-refractivity contribution < 1.29 is 27.1 Å². The molecule has 0 fully saturated rings. The van der Waals surface area contributed by atoms with Gasteiger partial charge in [-0.05, 0) is 61.9 Å². The van der Waals surface area contributed by atoms with Crippen LogP contribution in [0.4, 0.5) is 9.39 Å². The molecule has 2 aromatic carbocycles. The summed E-state index contributed by atoms with van der Waals surface area (Å²) in [5.74, 6) is -2.35. The number of aryl methyl sites for hydroxylation is 1. The summed E-state index contributed by atoms with van der Waals surface area (Å²) in [5.41, 5.74) is 2.73. The molecule has 7 nitrogen and oxygen atoms in total. The number of sulfone groups is 1. The van der Waals surface area contributed by atoms with Gasteiger partial charge >= 0.3 is 5.97 Å². The van der Waals surface area contributed by atoms with Gasteiger partial charge in [-0.25, -0.2) is 17.6 Å². The minimum Gasteiger partial charge on any atom is -0.462 e. The normalized spacial score (nSPS) is 13.3. The third-order valence-corrected chi connectivity index (χ3v) is 9.42. The Hall–Kier alpha value is -3.50. The van der Waals surface area contributed by atoms with Crippen LogP contribution >= 0.6 is 11.3 Å². The quantitative estimate of drug-likeness (QED) is 0.296. The van der Waals surface area contributed by atoms with Crippen molar-refractivity contribution in [1.82, 2.24) is 4.57 Å². The molecule has 0 radical (unpaired) electrons. The maximum absolute atomic E-state index is 13.5. The third-order valence-electron chi connectivity index (χ3n) is 6.58. The number of fused-ring (bicyclic) bond motifs is 2. The largest absolute Gasteiger partial charge is 0.462 e. The molecule has 2 heterocycles. The molecule has 0 bridgehead atoms. The van der Waals surface area contributed by atoms with Gasteiger partial charge in [-0.3, -0.25) is 4.79 Å². The van der Waals surface area contributed by atoms with Gasteiger partial charge in [-0.15, -0.1) is 11.3 Å². The van der Waals surface area contributed by atoms with Gasteiger partial charge < -0.3 is 14.6 Å². The molecule has 0 unspecified atom stereocenters. The molecule has 1 aliphatic rings. The van der Waals surface area contributed by atoms with Gasteiger partial charge in [0.05, 0.1) is 17.1 Å². The topological polar surface area (TPSA) is 94.5 Å². The number of anilines is 1. The van der Waals surface area contributed by atoms with Crippen molar-refractivity contribution in [3.63, 3.8) is 0 Å². The second-order valence-electron chi connectivity index (χ2n) is 9.21. The Morgan fingerprint density at radius 3 is 2.58 bits per heavy atom. The molecular weight excluding hydrogens is 527 g/mol. The lowest BCUT2D eigenvalue weighted by atomic mass is 9.95. The lowest BCUT2D eigenvalue weighted by Crippen LogP contribution is -2.23. The number of para-hydroxylation sites is 1. The number of carbonyl (C=O) groups is 2. The number of nitrogens with zero attached hydrogens (tertiary/aromatic N) is 1. The molecule has 2 aromatic heterocycles. The van der Waals surface area contributed by atoms with E-state index in [1.54, 1.807) is 41.8 Å². The zero-order valence-electron chi connectivity index (χ0n) is 20.8. The van der Waals surface area contributed by atoms with E-state index in [2.05, 4.69) is 5.32 Å². The molecule has 1 amide bonds. The Morgan fingerprint density at radius 1 is 1.08 bits per heavy atom. The molecule has 1 N–H and O–H groups in total. The van der Waals surface area contributed by atoms with Gasteiger partial charge in [-0.2, -0.15) is 0 Å². The molecule has 198 valence electrons. The maximum Gasteiger partial charge on any atom is 0.341 e. The summed E-state index contributed by atoms with van der Waals surface area (Å²) in [6.07, 6.45) is 5.00. The number of halogens is 1. The van der Waals surface area contributed by atoms with E-state index in [1.807, 2.05) is 6.07 Å². The third kappa shape index (κ3) is 5.23. The monoisotopic (exact) mass is 554 g/mol. The number of hydrogen-bond acceptors (Lipinski definition) is 6. The highest BCUT2D eigenvalue weighted by molar-refractivity contribution is 7.92. The summed E-state index contributed by atoms with van der Waals surface area (Å²) >= 11 is 1.32. The number of rotatable bonds is 8. The lowest BCUT2D eigenvalue weighted by Gasteiger charge is -2.12. The second kappa shape index (κ2) is 10.7. The van der Waals surface area contributed by atoms with Gasteiger partial charge in [0.15, 0.2) is 9.84 Å². The van der Waals surface area contributed by atoms with E-state index < -0.39 is 27.5 Å². The first-order valence-electron chi connectivity index (χ1n) is 12.4. The molecule has 0 aliphatic heterocycles. The minimum absolute atomic E-state index is 0.0430. The predicted octanol–water partition coefficient (Wildman–Crippen LogP) is 5.36. The van der Waals surface area contributed by atoms with Crippen LogP contribution in [0.25, 0.3) is 10.9 Å². The van der Waals surface area contributed by atoms with Crippen molar-refractivity contribution in [3.05, 3.63) is 82.1 Å². The van der Waals surface area contributed by atoms with Gasteiger partial charge in [0.2, 0.25) is 5.91 Å². The fourth-order valence-corrected chi connectivity index (χ4v) is 7.53. The second-order valence-corrected chi connectivity index (χ2v) is 12.3. The van der Waals surface area contributed by atoms with Crippen molar-refractivity contribution in [2.75, 3.05) is 17.7 Å². The lowest BCUT2D eigenvalue weighted by molar-refractivity contribution is -0.113. The number of hydrogen-bond donors (Lipinski definition) is 1. The summed E-state index contributed by atoms with van der Waals surface area (Å²) in [4.78, 5) is 26.8. The highest BCUT2D eigenvalue weighted by Gasteiger charge is 2.29. The first-order valence-corrected chi connectivity index (χ1v) is 14.9. The van der Waals surface area contributed by atoms with Crippen LogP contribution in [-0.2, 0) is 38.8 Å². The highest BCUT2D eigenvalue weighted by Crippen LogP contribution is 2.38. The minimum atomic E-state index is -4.03. The van der Waals surface area contributed by atoms with Crippen LogP contribution in [0.1, 0.15) is 46.1 Å². The molecule has 0 saturated carbocycles. The van der Waals surface area contributed by atoms with Crippen LogP contribution in [0, 0.1) is 5.82 Å². The molecule has 0 saturated heterocycles. The van der Waals surface area contributed by atoms with Gasteiger partial charge in [0.25, 0.3) is 0 Å². The van der Waals surface area contributed by atoms with Crippen molar-refractivity contribution >= 4 is 49.0 Å². The van der Waals surface area contributed by atoms with Crippen molar-refractivity contribution in [2.45, 2.75) is 44.0 Å². The van der Waals surface area contributed by atoms with Crippen LogP contribution in [0.15, 0.2) is 59.6 Å². The molecule has 5 rings (SSSR count). The Labute approximate surface area is 224 Å². The number of amides is 1. The molecule has 0 spiro atoms. The molecule has 0 atom stereocenters. The molecule has 4 aromatic rings. The zero-order chi connectivity index (χ0) is 26.9. The molecule has 1 aliphatic carbocycles. The Kier molecular flexibility index (Phi) is 7.36. The number of benzene rings is 2. The van der Waals surface area contributed by atoms with E-state index in [-0.39, 0.29) is 17.3 Å². The fraction of sp³-hybridized carbons (Fsp3) is 0.286. The average Bonchev–Trinajstić information content (AvgIpc) is 3.44. The standard InChI is InChI=1S/C28H27FN2O5S2/c1-2-36-28(33)26-21-8-4-6-10-23(21)37-27(26)30-25(32)17-38(34,35)24-16-31(22-9-5-3-7-20(22)24)15-18-11-13-19(29)14-12-18/h3,5,7,9,11-14,16H,2,4,6,8,10,15,17H2,1H3,(H,30,32). The van der Waals surface area contributed by atoms with Crippen LogP contribution in [0.2, 0.25) is 0 Å². The smallest absolute Gasteiger partial charge is 0.341 e. The van der Waals surface area contributed by atoms with Gasteiger partial charge in [-0.1, -0.05) is 30.3 Å². The average molecular weight is 555 g/mol. The number of esters is 1. The number of thiophene rings is 1. The summed E-state index contributed by atoms with van der Waals surface area (Å²) in [7, 11) is -4.03. The van der Waals surface area contributed by atoms with Crippen molar-refractivity contribution in [1.29, 1.82) is 0 Å². The predicted molar refractivity (Wildman–Crippen MR) is 145 cm³/mol. The van der Waals surface area contributed by atoms with Crippen LogP contribution < -0.4 is 5.32 Å². The number of carbonyl (C=O) groups excluding carboxylic acids is 2. The Morgan fingerprint density at radius 2 is 1.82 bits per heavy atom. The summed E-state index contributed by atoms with van der Waals surface area (Å²) < 4.78 is 47.3. The zero-order valence-corrected chi connectivity index (χ0v) is 22.5. The SMILES string of the molecule is CCOC(=O)c1c(NC(=O)CS(=O)(=O)c2cn(Cc3ccc(F)cc3)c3ccccc23)sc2c1CCCC2. The van der Waals surface area contributed by atoms with Crippen LogP contribution in [0.5, 0.6) is 0 Å². The molecule has 10 heteroatoms. The van der Waals surface area contributed by atoms with E-state index in [4.69, 9.17) is 4.74 Å². The summed E-state index contributed by atoms with van der Waals surface area (Å²) in [6, 6.07) is 13.1. The highest BCUT2D eigenvalue weighted by atomic mass is 32.2. The van der Waals surface area contributed by atoms with Crippen LogP contribution in [0.3, 0.4) is 0 Å². The number of aromatic nitrogens is 1. The number of nitrogens with one attached hydrogen (secondary N) is 1. The molecular formula is C28H27FN2O5S2. The number of ether oxygens (including phenoxy) is 1. The summed E-state index contributed by atoms with van der Waals surface area (Å²) in [5, 5.41) is 3.53. The van der Waals surface area contributed by atoms with E-state index in [9.17, 15) is 22.4 Å². The van der Waals surface area contributed by atoms with Gasteiger partial charge in [0.1, 0.15) is 16.6 Å². The first-order chi connectivity index (χ1) is 18.3. The van der Waals surface area contributed by atoms with Crippen LogP contribution in [-0.4, -0.2) is 37.2 Å². The Balaban J connectivity index is 1.42. The van der Waals surface area contributed by atoms with E-state index in [0.717, 1.165) is 41.7 Å².